The quantitative estimate of drug-likeness (QED) is 0.772. The third-order valence-electron chi connectivity index (χ3n) is 3.43. The van der Waals surface area contributed by atoms with E-state index in [1.807, 2.05) is 44.2 Å². The van der Waals surface area contributed by atoms with Crippen molar-refractivity contribution in [3.63, 3.8) is 0 Å². The monoisotopic (exact) mass is 275 g/mol. The number of carbonyl (C=O) groups excluding carboxylic acids is 2. The largest absolute Gasteiger partial charge is 0.349 e. The highest BCUT2D eigenvalue weighted by molar-refractivity contribution is 5.80. The van der Waals surface area contributed by atoms with Gasteiger partial charge in [-0.15, -0.1) is 0 Å². The number of amides is 1. The molecule has 0 N–H and O–H groups in total. The molecule has 20 heavy (non-hydrogen) atoms. The summed E-state index contributed by atoms with van der Waals surface area (Å²) < 4.78 is 5.44. The molecule has 0 aromatic heterocycles. The van der Waals surface area contributed by atoms with Crippen LogP contribution in [0.15, 0.2) is 30.3 Å². The summed E-state index contributed by atoms with van der Waals surface area (Å²) in [6.07, 6.45) is 1.15. The van der Waals surface area contributed by atoms with Gasteiger partial charge in [-0.2, -0.15) is 0 Å². The number of benzene rings is 1. The normalized spacial score (nSPS) is 22.2. The van der Waals surface area contributed by atoms with E-state index in [9.17, 15) is 9.59 Å². The van der Waals surface area contributed by atoms with Gasteiger partial charge in [0.25, 0.3) is 0 Å². The summed E-state index contributed by atoms with van der Waals surface area (Å²) in [5.74, 6) is 0.267. The molecule has 1 aliphatic heterocycles. The number of hydrogen-bond acceptors (Lipinski definition) is 3. The minimum Gasteiger partial charge on any atom is -0.349 e. The molecule has 1 amide bonds. The molecule has 2 rings (SSSR count). The SMILES string of the molecule is CC(C)CC(=O)N1C(C=O)OC[C@H]1Cc1ccccc1. The summed E-state index contributed by atoms with van der Waals surface area (Å²) in [5, 5.41) is 0. The molecule has 1 saturated heterocycles. The lowest BCUT2D eigenvalue weighted by Crippen LogP contribution is -2.44. The molecular formula is C16H21NO3. The van der Waals surface area contributed by atoms with Gasteiger partial charge in [0.05, 0.1) is 12.6 Å². The minimum absolute atomic E-state index is 0.00414. The highest BCUT2D eigenvalue weighted by atomic mass is 16.5. The molecule has 0 spiro atoms. The molecular weight excluding hydrogens is 254 g/mol. The predicted octanol–water partition coefficient (Wildman–Crippen LogP) is 2.03. The average Bonchev–Trinajstić information content (AvgIpc) is 2.82. The summed E-state index contributed by atoms with van der Waals surface area (Å²) in [5.41, 5.74) is 1.15. The van der Waals surface area contributed by atoms with Gasteiger partial charge >= 0.3 is 0 Å². The zero-order chi connectivity index (χ0) is 14.5. The van der Waals surface area contributed by atoms with E-state index in [-0.39, 0.29) is 17.9 Å². The van der Waals surface area contributed by atoms with Crippen molar-refractivity contribution >= 4 is 12.2 Å². The zero-order valence-corrected chi connectivity index (χ0v) is 12.0. The Kier molecular flexibility index (Phi) is 4.90. The molecule has 1 aromatic carbocycles. The van der Waals surface area contributed by atoms with Crippen LogP contribution in [0.2, 0.25) is 0 Å². The van der Waals surface area contributed by atoms with Crippen LogP contribution in [0.5, 0.6) is 0 Å². The molecule has 108 valence electrons. The summed E-state index contributed by atoms with van der Waals surface area (Å²) in [7, 11) is 0. The summed E-state index contributed by atoms with van der Waals surface area (Å²) in [6, 6.07) is 9.91. The Morgan fingerprint density at radius 3 is 2.70 bits per heavy atom. The van der Waals surface area contributed by atoms with E-state index in [1.165, 1.54) is 0 Å². The maximum atomic E-state index is 12.3. The Morgan fingerprint density at radius 1 is 1.40 bits per heavy atom. The number of aldehydes is 1. The van der Waals surface area contributed by atoms with Crippen molar-refractivity contribution in [1.82, 2.24) is 4.90 Å². The minimum atomic E-state index is -0.727. The molecule has 1 fully saturated rings. The molecule has 2 atom stereocenters. The Morgan fingerprint density at radius 2 is 2.10 bits per heavy atom. The van der Waals surface area contributed by atoms with E-state index < -0.39 is 6.23 Å². The van der Waals surface area contributed by atoms with E-state index in [1.54, 1.807) is 4.90 Å². The van der Waals surface area contributed by atoms with Gasteiger partial charge in [0.1, 0.15) is 0 Å². The smallest absolute Gasteiger partial charge is 0.225 e. The van der Waals surface area contributed by atoms with Crippen molar-refractivity contribution in [2.24, 2.45) is 5.92 Å². The fourth-order valence-electron chi connectivity index (χ4n) is 2.53. The number of ether oxygens (including phenoxy) is 1. The zero-order valence-electron chi connectivity index (χ0n) is 12.0. The van der Waals surface area contributed by atoms with Crippen LogP contribution in [0.4, 0.5) is 0 Å². The first-order valence-corrected chi connectivity index (χ1v) is 7.03. The summed E-state index contributed by atoms with van der Waals surface area (Å²) in [6.45, 7) is 4.41. The lowest BCUT2D eigenvalue weighted by Gasteiger charge is -2.26. The van der Waals surface area contributed by atoms with Crippen LogP contribution in [0.3, 0.4) is 0 Å². The molecule has 1 aliphatic rings. The van der Waals surface area contributed by atoms with Crippen molar-refractivity contribution in [3.8, 4) is 0 Å². The van der Waals surface area contributed by atoms with Crippen molar-refractivity contribution in [2.75, 3.05) is 6.61 Å². The molecule has 4 heteroatoms. The van der Waals surface area contributed by atoms with Gasteiger partial charge in [-0.3, -0.25) is 9.59 Å². The highest BCUT2D eigenvalue weighted by Crippen LogP contribution is 2.22. The van der Waals surface area contributed by atoms with Crippen LogP contribution in [-0.4, -0.2) is 36.0 Å². The van der Waals surface area contributed by atoms with Gasteiger partial charge < -0.3 is 9.64 Å². The first-order chi connectivity index (χ1) is 9.61. The fourth-order valence-corrected chi connectivity index (χ4v) is 2.53. The number of carbonyl (C=O) groups is 2. The summed E-state index contributed by atoms with van der Waals surface area (Å²) >= 11 is 0. The second-order valence-corrected chi connectivity index (χ2v) is 5.60. The summed E-state index contributed by atoms with van der Waals surface area (Å²) in [4.78, 5) is 25.0. The molecule has 1 aromatic rings. The highest BCUT2D eigenvalue weighted by Gasteiger charge is 2.37. The van der Waals surface area contributed by atoms with Crippen LogP contribution in [0, 0.1) is 5.92 Å². The van der Waals surface area contributed by atoms with E-state index >= 15 is 0 Å². The Labute approximate surface area is 119 Å². The molecule has 0 radical (unpaired) electrons. The molecule has 0 aliphatic carbocycles. The fraction of sp³-hybridized carbons (Fsp3) is 0.500. The number of rotatable bonds is 5. The van der Waals surface area contributed by atoms with Crippen LogP contribution < -0.4 is 0 Å². The standard InChI is InChI=1S/C16H21NO3/c1-12(2)8-15(19)17-14(11-20-16(17)10-18)9-13-6-4-3-5-7-13/h3-7,10,12,14,16H,8-9,11H2,1-2H3/t14-,16?/m1/s1. The number of hydrogen-bond donors (Lipinski definition) is 0. The van der Waals surface area contributed by atoms with Crippen LogP contribution in [0.25, 0.3) is 0 Å². The average molecular weight is 275 g/mol. The first kappa shape index (κ1) is 14.7. The topological polar surface area (TPSA) is 46.6 Å². The predicted molar refractivity (Wildman–Crippen MR) is 76.0 cm³/mol. The molecule has 1 unspecified atom stereocenters. The van der Waals surface area contributed by atoms with E-state index in [0.29, 0.717) is 19.3 Å². The van der Waals surface area contributed by atoms with E-state index in [2.05, 4.69) is 0 Å². The van der Waals surface area contributed by atoms with E-state index in [4.69, 9.17) is 4.74 Å². The van der Waals surface area contributed by atoms with Gasteiger partial charge in [0.2, 0.25) is 5.91 Å². The maximum Gasteiger partial charge on any atom is 0.225 e. The van der Waals surface area contributed by atoms with Gasteiger partial charge in [0, 0.05) is 6.42 Å². The molecule has 1 heterocycles. The van der Waals surface area contributed by atoms with Gasteiger partial charge in [-0.25, -0.2) is 0 Å². The Balaban J connectivity index is 2.10. The van der Waals surface area contributed by atoms with Crippen molar-refractivity contribution in [3.05, 3.63) is 35.9 Å². The molecule has 0 saturated carbocycles. The Bertz CT molecular complexity index is 458. The molecule has 4 nitrogen and oxygen atoms in total. The first-order valence-electron chi connectivity index (χ1n) is 7.03. The van der Waals surface area contributed by atoms with Crippen molar-refractivity contribution < 1.29 is 14.3 Å². The third-order valence-corrected chi connectivity index (χ3v) is 3.43. The second kappa shape index (κ2) is 6.66. The second-order valence-electron chi connectivity index (χ2n) is 5.60. The maximum absolute atomic E-state index is 12.3. The van der Waals surface area contributed by atoms with Crippen molar-refractivity contribution in [2.45, 2.75) is 39.0 Å². The van der Waals surface area contributed by atoms with Crippen molar-refractivity contribution in [1.29, 1.82) is 0 Å². The van der Waals surface area contributed by atoms with Crippen LogP contribution in [-0.2, 0) is 20.7 Å². The number of nitrogens with zero attached hydrogens (tertiary/aromatic N) is 1. The Hall–Kier alpha value is -1.68. The lowest BCUT2D eigenvalue weighted by atomic mass is 10.0. The van der Waals surface area contributed by atoms with Crippen LogP contribution in [0.1, 0.15) is 25.8 Å². The lowest BCUT2D eigenvalue weighted by molar-refractivity contribution is -0.143. The molecule has 0 bridgehead atoms. The van der Waals surface area contributed by atoms with Gasteiger partial charge in [0.15, 0.2) is 12.5 Å². The van der Waals surface area contributed by atoms with E-state index in [0.717, 1.165) is 12.0 Å². The van der Waals surface area contributed by atoms with Gasteiger partial charge in [-0.05, 0) is 17.9 Å². The van der Waals surface area contributed by atoms with Crippen LogP contribution >= 0.6 is 0 Å². The third kappa shape index (κ3) is 3.45. The van der Waals surface area contributed by atoms with Gasteiger partial charge in [-0.1, -0.05) is 44.2 Å².